The molecule has 2 aromatic carbocycles. The van der Waals surface area contributed by atoms with Crippen molar-refractivity contribution in [3.8, 4) is 32.5 Å². The summed E-state index contributed by atoms with van der Waals surface area (Å²) in [7, 11) is 0. The molecule has 0 saturated carbocycles. The molecule has 0 amide bonds. The van der Waals surface area contributed by atoms with Crippen molar-refractivity contribution in [3.63, 3.8) is 0 Å². The Morgan fingerprint density at radius 2 is 1.29 bits per heavy atom. The Balaban J connectivity index is 1.66. The number of hydrogen-bond donors (Lipinski definition) is 0. The molecule has 158 valence electrons. The van der Waals surface area contributed by atoms with Gasteiger partial charge in [0.05, 0.1) is 4.88 Å². The molecule has 0 atom stereocenters. The third-order valence-corrected chi connectivity index (χ3v) is 5.26. The van der Waals surface area contributed by atoms with Crippen LogP contribution in [0.5, 0.6) is 11.5 Å². The van der Waals surface area contributed by atoms with E-state index in [0.29, 0.717) is 11.5 Å². The molecule has 0 unspecified atom stereocenters. The molecule has 0 aliphatic rings. The zero-order chi connectivity index (χ0) is 22.1. The predicted octanol–water partition coefficient (Wildman–Crippen LogP) is 6.22. The molecule has 3 rings (SSSR count). The van der Waals surface area contributed by atoms with E-state index in [2.05, 4.69) is 4.98 Å². The largest absolute Gasteiger partial charge is 0.423 e. The van der Waals surface area contributed by atoms with Crippen molar-refractivity contribution >= 4 is 23.3 Å². The van der Waals surface area contributed by atoms with Crippen LogP contribution in [0, 0.1) is 0 Å². The van der Waals surface area contributed by atoms with Gasteiger partial charge in [0.25, 0.3) is 0 Å². The molecule has 0 radical (unpaired) electrons. The van der Waals surface area contributed by atoms with Gasteiger partial charge in [0.1, 0.15) is 16.5 Å². The molecule has 0 spiro atoms. The molecule has 6 heteroatoms. The van der Waals surface area contributed by atoms with Crippen LogP contribution >= 0.6 is 11.3 Å². The first-order chi connectivity index (χ1) is 15.1. The molecule has 3 aromatic rings. The molecule has 0 aliphatic heterocycles. The summed E-state index contributed by atoms with van der Waals surface area (Å²) < 4.78 is 10.5. The van der Waals surface area contributed by atoms with Gasteiger partial charge in [-0.15, -0.1) is 11.3 Å². The summed E-state index contributed by atoms with van der Waals surface area (Å²) in [5.74, 6) is 0.218. The second kappa shape index (κ2) is 11.0. The maximum atomic E-state index is 11.7. The lowest BCUT2D eigenvalue weighted by Gasteiger charge is -2.03. The Labute approximate surface area is 185 Å². The van der Waals surface area contributed by atoms with Crippen LogP contribution in [0.1, 0.15) is 26.7 Å². The highest BCUT2D eigenvalue weighted by molar-refractivity contribution is 7.18. The number of carbonyl (C=O) groups excluding carboxylic acids is 2. The Bertz CT molecular complexity index is 993. The average molecular weight is 434 g/mol. The second-order valence-electron chi connectivity index (χ2n) is 6.54. The van der Waals surface area contributed by atoms with Crippen LogP contribution in [0.3, 0.4) is 0 Å². The molecular weight excluding hydrogens is 410 g/mol. The zero-order valence-corrected chi connectivity index (χ0v) is 18.2. The minimum Gasteiger partial charge on any atom is -0.423 e. The predicted molar refractivity (Wildman–Crippen MR) is 123 cm³/mol. The first-order valence-corrected chi connectivity index (χ1v) is 10.8. The van der Waals surface area contributed by atoms with Crippen LogP contribution in [0.4, 0.5) is 0 Å². The van der Waals surface area contributed by atoms with Crippen molar-refractivity contribution in [1.29, 1.82) is 0 Å². The number of thiazole rings is 1. The number of esters is 2. The molecule has 5 nitrogen and oxygen atoms in total. The molecule has 0 aliphatic carbocycles. The lowest BCUT2D eigenvalue weighted by molar-refractivity contribution is -0.129. The van der Waals surface area contributed by atoms with E-state index in [9.17, 15) is 9.59 Å². The summed E-state index contributed by atoms with van der Waals surface area (Å²) in [5, 5.41) is 0.860. The summed E-state index contributed by atoms with van der Waals surface area (Å²) in [6.07, 6.45) is 9.75. The summed E-state index contributed by atoms with van der Waals surface area (Å²) in [6, 6.07) is 14.6. The van der Waals surface area contributed by atoms with Gasteiger partial charge in [-0.1, -0.05) is 26.0 Å². The van der Waals surface area contributed by atoms with Crippen LogP contribution in [-0.4, -0.2) is 16.9 Å². The number of ether oxygens (including phenoxy) is 2. The van der Waals surface area contributed by atoms with Gasteiger partial charge in [-0.25, -0.2) is 14.6 Å². The van der Waals surface area contributed by atoms with E-state index in [-0.39, 0.29) is 11.9 Å². The summed E-state index contributed by atoms with van der Waals surface area (Å²) in [5.41, 5.74) is 1.93. The fourth-order valence-corrected chi connectivity index (χ4v) is 3.55. The highest BCUT2D eigenvalue weighted by Crippen LogP contribution is 2.33. The third-order valence-electron chi connectivity index (χ3n) is 4.16. The van der Waals surface area contributed by atoms with Crippen molar-refractivity contribution in [1.82, 2.24) is 4.98 Å². The molecule has 0 fully saturated rings. The van der Waals surface area contributed by atoms with E-state index in [1.165, 1.54) is 12.2 Å². The van der Waals surface area contributed by atoms with Gasteiger partial charge in [0.2, 0.25) is 0 Å². The number of nitrogens with zero attached hydrogens (tertiary/aromatic N) is 1. The normalized spacial score (nSPS) is 11.2. The Morgan fingerprint density at radius 3 is 1.77 bits per heavy atom. The Morgan fingerprint density at radius 1 is 0.806 bits per heavy atom. The van der Waals surface area contributed by atoms with Crippen LogP contribution in [0.25, 0.3) is 21.0 Å². The molecule has 0 N–H and O–H groups in total. The molecule has 1 heterocycles. The van der Waals surface area contributed by atoms with Crippen molar-refractivity contribution in [2.75, 3.05) is 0 Å². The monoisotopic (exact) mass is 433 g/mol. The number of aromatic nitrogens is 1. The van der Waals surface area contributed by atoms with Gasteiger partial charge in [-0.05, 0) is 66.9 Å². The van der Waals surface area contributed by atoms with E-state index in [0.717, 1.165) is 33.9 Å². The van der Waals surface area contributed by atoms with Gasteiger partial charge >= 0.3 is 11.9 Å². The van der Waals surface area contributed by atoms with E-state index in [4.69, 9.17) is 9.47 Å². The standard InChI is InChI=1S/C25H23NO4S/c1-3-5-7-23(27)29-20-13-9-18(10-14-20)22-17-26-25(31-22)19-11-15-21(16-12-19)30-24(28)8-6-4-2/h5-17H,3-4H2,1-2H3/b7-5+,8-6+. The number of benzene rings is 2. The molecular formula is C25H23NO4S. The fourth-order valence-electron chi connectivity index (χ4n) is 2.62. The highest BCUT2D eigenvalue weighted by atomic mass is 32.1. The average Bonchev–Trinajstić information content (AvgIpc) is 3.27. The van der Waals surface area contributed by atoms with E-state index >= 15 is 0 Å². The van der Waals surface area contributed by atoms with Crippen molar-refractivity contribution in [3.05, 3.63) is 79.0 Å². The van der Waals surface area contributed by atoms with Crippen LogP contribution < -0.4 is 9.47 Å². The Kier molecular flexibility index (Phi) is 7.90. The summed E-state index contributed by atoms with van der Waals surface area (Å²) in [4.78, 5) is 28.8. The highest BCUT2D eigenvalue weighted by Gasteiger charge is 2.09. The van der Waals surface area contributed by atoms with E-state index in [1.807, 2.05) is 44.3 Å². The number of allylic oxidation sites excluding steroid dienone is 2. The quantitative estimate of drug-likeness (QED) is 0.240. The maximum absolute atomic E-state index is 11.7. The number of carbonyl (C=O) groups is 2. The SMILES string of the molecule is CC/C=C/C(=O)Oc1ccc(-c2cnc(-c3ccc(OC(=O)/C=C/CC)cc3)s2)cc1. The van der Waals surface area contributed by atoms with Crippen LogP contribution in [0.15, 0.2) is 79.0 Å². The van der Waals surface area contributed by atoms with Gasteiger partial charge in [0.15, 0.2) is 0 Å². The maximum Gasteiger partial charge on any atom is 0.335 e. The minimum atomic E-state index is -0.387. The number of hydrogen-bond acceptors (Lipinski definition) is 6. The van der Waals surface area contributed by atoms with Gasteiger partial charge in [-0.2, -0.15) is 0 Å². The van der Waals surface area contributed by atoms with Crippen LogP contribution in [-0.2, 0) is 9.59 Å². The van der Waals surface area contributed by atoms with Crippen molar-refractivity contribution in [2.24, 2.45) is 0 Å². The van der Waals surface area contributed by atoms with Gasteiger partial charge in [0, 0.05) is 23.9 Å². The van der Waals surface area contributed by atoms with Crippen molar-refractivity contribution in [2.45, 2.75) is 26.7 Å². The second-order valence-corrected chi connectivity index (χ2v) is 7.57. The Hall–Kier alpha value is -3.51. The lowest BCUT2D eigenvalue weighted by Crippen LogP contribution is -2.03. The third kappa shape index (κ3) is 6.49. The molecule has 0 bridgehead atoms. The van der Waals surface area contributed by atoms with Gasteiger partial charge in [-0.3, -0.25) is 0 Å². The molecule has 0 saturated heterocycles. The zero-order valence-electron chi connectivity index (χ0n) is 17.4. The first kappa shape index (κ1) is 22.2. The smallest absolute Gasteiger partial charge is 0.335 e. The minimum absolute atomic E-state index is 0.384. The summed E-state index contributed by atoms with van der Waals surface area (Å²) >= 11 is 1.55. The van der Waals surface area contributed by atoms with Crippen LogP contribution in [0.2, 0.25) is 0 Å². The summed E-state index contributed by atoms with van der Waals surface area (Å²) in [6.45, 7) is 3.91. The van der Waals surface area contributed by atoms with Gasteiger partial charge < -0.3 is 9.47 Å². The van der Waals surface area contributed by atoms with E-state index in [1.54, 1.807) is 47.8 Å². The fraction of sp³-hybridized carbons (Fsp3) is 0.160. The molecule has 31 heavy (non-hydrogen) atoms. The van der Waals surface area contributed by atoms with E-state index < -0.39 is 0 Å². The number of rotatable bonds is 8. The van der Waals surface area contributed by atoms with Crippen molar-refractivity contribution < 1.29 is 19.1 Å². The molecule has 1 aromatic heterocycles. The lowest BCUT2D eigenvalue weighted by atomic mass is 10.2. The first-order valence-electron chi connectivity index (χ1n) is 10.0. The topological polar surface area (TPSA) is 65.5 Å².